The van der Waals surface area contributed by atoms with E-state index in [1.165, 1.54) is 0 Å². The van der Waals surface area contributed by atoms with E-state index in [4.69, 9.17) is 0 Å². The second kappa shape index (κ2) is 5.50. The Labute approximate surface area is 81.0 Å². The fourth-order valence-corrected chi connectivity index (χ4v) is 0.469. The van der Waals surface area contributed by atoms with Crippen LogP contribution in [0.3, 0.4) is 0 Å². The molecule has 1 unspecified atom stereocenters. The smallest absolute Gasteiger partial charge is 0.333 e. The molecule has 0 amide bonds. The molecule has 0 aromatic rings. The Balaban J connectivity index is 0. The molecule has 0 aliphatic carbocycles. The van der Waals surface area contributed by atoms with Gasteiger partial charge in [0.15, 0.2) is 0 Å². The minimum absolute atomic E-state index is 0. The van der Waals surface area contributed by atoms with Crippen molar-refractivity contribution in [1.82, 2.24) is 0 Å². The molecule has 0 spiro atoms. The fraction of sp³-hybridized carbons (Fsp3) is 0.714. The van der Waals surface area contributed by atoms with Crippen molar-refractivity contribution in [3.63, 3.8) is 0 Å². The van der Waals surface area contributed by atoms with E-state index in [0.717, 1.165) is 0 Å². The van der Waals surface area contributed by atoms with E-state index in [9.17, 15) is 4.79 Å². The van der Waals surface area contributed by atoms with Crippen LogP contribution in [0.15, 0.2) is 0 Å². The summed E-state index contributed by atoms with van der Waals surface area (Å²) in [7, 11) is 0. The topological polar surface area (TPSA) is 17.1 Å². The summed E-state index contributed by atoms with van der Waals surface area (Å²) in [6.45, 7) is 9.27. The summed E-state index contributed by atoms with van der Waals surface area (Å²) in [5.74, 6) is 0.544. The van der Waals surface area contributed by atoms with Crippen LogP contribution in [-0.4, -0.2) is 5.78 Å². The predicted octanol–water partition coefficient (Wildman–Crippen LogP) is 1.68. The molecule has 9 heavy (non-hydrogen) atoms. The van der Waals surface area contributed by atoms with E-state index in [2.05, 4.69) is 6.92 Å². The number of hydrogen-bond acceptors (Lipinski definition) is 1. The molecule has 0 saturated carbocycles. The molecule has 1 atom stereocenters. The Hall–Kier alpha value is 0.722. The van der Waals surface area contributed by atoms with Crippen LogP contribution in [0.25, 0.3) is 0 Å². The molecule has 0 fully saturated rings. The van der Waals surface area contributed by atoms with Gasteiger partial charge in [0, 0.05) is 0 Å². The molecular weight excluding hydrogens is 338 g/mol. The van der Waals surface area contributed by atoms with Crippen molar-refractivity contribution < 1.29 is 35.9 Å². The first kappa shape index (κ1) is 12.4. The molecule has 0 bridgehead atoms. The van der Waals surface area contributed by atoms with E-state index in [1.54, 1.807) is 6.92 Å². The molecule has 0 radical (unpaired) electrons. The van der Waals surface area contributed by atoms with Crippen molar-refractivity contribution in [2.45, 2.75) is 20.8 Å². The third-order valence-corrected chi connectivity index (χ3v) is 1.33. The Morgan fingerprint density at radius 2 is 1.78 bits per heavy atom. The second-order valence-corrected chi connectivity index (χ2v) is 2.46. The van der Waals surface area contributed by atoms with Crippen molar-refractivity contribution in [2.75, 3.05) is 0 Å². The molecule has 50 valence electrons. The van der Waals surface area contributed by atoms with Crippen molar-refractivity contribution >= 4 is 5.78 Å². The standard InChI is InChI=1S/C7H13O.U/c1-5(2)6(3)7(4)8;/h5-6H,3H2,1-2,4H3;/q-1;+2. The van der Waals surface area contributed by atoms with Crippen LogP contribution in [-0.2, 0) is 4.79 Å². The summed E-state index contributed by atoms with van der Waals surface area (Å²) in [6, 6.07) is 0. The summed E-state index contributed by atoms with van der Waals surface area (Å²) in [5.41, 5.74) is 0. The predicted molar refractivity (Wildman–Crippen MR) is 34.4 cm³/mol. The van der Waals surface area contributed by atoms with Crippen molar-refractivity contribution in [1.29, 1.82) is 0 Å². The zero-order chi connectivity index (χ0) is 6.73. The first-order valence-corrected chi connectivity index (χ1v) is 2.89. The normalized spacial score (nSPS) is 12.6. The van der Waals surface area contributed by atoms with Crippen LogP contribution >= 0.6 is 0 Å². The molecule has 0 aliphatic heterocycles. The SMILES string of the molecule is [CH2-]C(C(C)=O)C(C)C.[U+2]. The van der Waals surface area contributed by atoms with Gasteiger partial charge < -0.3 is 11.7 Å². The first-order valence-electron chi connectivity index (χ1n) is 2.89. The van der Waals surface area contributed by atoms with Gasteiger partial charge in [0.25, 0.3) is 0 Å². The molecule has 0 saturated heterocycles. The molecule has 0 N–H and O–H groups in total. The van der Waals surface area contributed by atoms with Gasteiger partial charge in [0.2, 0.25) is 0 Å². The number of ketones is 1. The van der Waals surface area contributed by atoms with Crippen molar-refractivity contribution in [3.05, 3.63) is 6.92 Å². The molecule has 1 nitrogen and oxygen atoms in total. The maximum atomic E-state index is 10.5. The Bertz CT molecular complexity index is 88.9. The van der Waals surface area contributed by atoms with Gasteiger partial charge in [-0.1, -0.05) is 19.8 Å². The number of rotatable bonds is 2. The van der Waals surface area contributed by atoms with Crippen LogP contribution in [0, 0.1) is 49.9 Å². The molecule has 0 aromatic heterocycles. The number of Topliss-reactive ketones (excluding diaryl/α,β-unsaturated/α-hetero) is 1. The van der Waals surface area contributed by atoms with Gasteiger partial charge in [-0.2, -0.15) is 0 Å². The molecule has 0 aliphatic rings. The van der Waals surface area contributed by atoms with Gasteiger partial charge >= 0.3 is 31.1 Å². The minimum atomic E-state index is -0.0185. The Morgan fingerprint density at radius 1 is 1.44 bits per heavy atom. The number of hydrogen-bond donors (Lipinski definition) is 0. The molecule has 0 heterocycles. The monoisotopic (exact) mass is 351 g/mol. The zero-order valence-electron chi connectivity index (χ0n) is 6.27. The maximum Gasteiger partial charge on any atom is 2.00 e. The largest absolute Gasteiger partial charge is 2.00 e. The molecule has 0 aromatic carbocycles. The molecular formula is C7H13OU+. The third-order valence-electron chi connectivity index (χ3n) is 1.33. The van der Waals surface area contributed by atoms with Gasteiger partial charge in [-0.3, -0.25) is 0 Å². The summed E-state index contributed by atoms with van der Waals surface area (Å²) in [4.78, 5) is 10.5. The van der Waals surface area contributed by atoms with E-state index >= 15 is 0 Å². The van der Waals surface area contributed by atoms with Crippen molar-refractivity contribution in [2.24, 2.45) is 11.8 Å². The van der Waals surface area contributed by atoms with Crippen molar-refractivity contribution in [3.8, 4) is 0 Å². The van der Waals surface area contributed by atoms with E-state index < -0.39 is 0 Å². The summed E-state index contributed by atoms with van der Waals surface area (Å²) in [5, 5.41) is 0. The summed E-state index contributed by atoms with van der Waals surface area (Å²) in [6.07, 6.45) is 0. The van der Waals surface area contributed by atoms with Gasteiger partial charge in [-0.05, 0) is 6.92 Å². The quantitative estimate of drug-likeness (QED) is 0.692. The van der Waals surface area contributed by atoms with Crippen LogP contribution in [0.2, 0.25) is 0 Å². The Morgan fingerprint density at radius 3 is 1.78 bits per heavy atom. The molecule has 2 heteroatoms. The zero-order valence-corrected chi connectivity index (χ0v) is 10.4. The maximum absolute atomic E-state index is 10.5. The molecule has 0 rings (SSSR count). The average Bonchev–Trinajstić information content (AvgIpc) is 1.64. The van der Waals surface area contributed by atoms with Gasteiger partial charge in [0.05, 0.1) is 0 Å². The van der Waals surface area contributed by atoms with E-state index in [1.807, 2.05) is 13.8 Å². The van der Waals surface area contributed by atoms with Gasteiger partial charge in [-0.25, -0.2) is 0 Å². The Kier molecular flexibility index (Phi) is 7.58. The minimum Gasteiger partial charge on any atom is -0.333 e. The third kappa shape index (κ3) is 5.18. The fourth-order valence-electron chi connectivity index (χ4n) is 0.469. The van der Waals surface area contributed by atoms with Gasteiger partial charge in [0.1, 0.15) is 5.78 Å². The van der Waals surface area contributed by atoms with Crippen LogP contribution in [0.4, 0.5) is 0 Å². The average molecular weight is 351 g/mol. The first-order chi connectivity index (χ1) is 3.55. The van der Waals surface area contributed by atoms with Crippen LogP contribution < -0.4 is 0 Å². The number of carbonyl (C=O) groups is 1. The summed E-state index contributed by atoms with van der Waals surface area (Å²) >= 11 is 0. The number of carbonyl (C=O) groups excluding carboxylic acids is 1. The van der Waals surface area contributed by atoms with Crippen LogP contribution in [0.1, 0.15) is 20.8 Å². The summed E-state index contributed by atoms with van der Waals surface area (Å²) < 4.78 is 0. The van der Waals surface area contributed by atoms with Gasteiger partial charge in [-0.15, -0.1) is 5.92 Å². The van der Waals surface area contributed by atoms with Crippen LogP contribution in [0.5, 0.6) is 0 Å². The second-order valence-electron chi connectivity index (χ2n) is 2.46. The van der Waals surface area contributed by atoms with E-state index in [-0.39, 0.29) is 42.8 Å². The van der Waals surface area contributed by atoms with E-state index in [0.29, 0.717) is 5.92 Å².